The number of hydrazone groups is 1. The van der Waals surface area contributed by atoms with E-state index in [1.54, 1.807) is 6.21 Å². The second-order valence-electron chi connectivity index (χ2n) is 8.26. The lowest BCUT2D eigenvalue weighted by atomic mass is 9.86. The predicted octanol–water partition coefficient (Wildman–Crippen LogP) is 5.26. The SMILES string of the molecule is CC(C)(C)c1ccc(CC(=O)N/N=C\c2cccc(OCc3ccccc3)c2)cc1. The molecule has 4 heteroatoms. The minimum atomic E-state index is -0.147. The van der Waals surface area contributed by atoms with Crippen molar-refractivity contribution in [2.45, 2.75) is 39.2 Å². The number of ether oxygens (including phenoxy) is 1. The molecule has 0 aromatic heterocycles. The van der Waals surface area contributed by atoms with Gasteiger partial charge in [-0.05, 0) is 39.8 Å². The van der Waals surface area contributed by atoms with Crippen LogP contribution >= 0.6 is 0 Å². The molecule has 0 aliphatic heterocycles. The third-order valence-electron chi connectivity index (χ3n) is 4.69. The Morgan fingerprint density at radius 3 is 2.37 bits per heavy atom. The minimum Gasteiger partial charge on any atom is -0.489 e. The van der Waals surface area contributed by atoms with E-state index in [0.717, 1.165) is 22.4 Å². The molecule has 1 amide bonds. The fraction of sp³-hybridized carbons (Fsp3) is 0.231. The molecule has 0 fully saturated rings. The van der Waals surface area contributed by atoms with Gasteiger partial charge in [-0.1, -0.05) is 87.5 Å². The summed E-state index contributed by atoms with van der Waals surface area (Å²) in [5, 5.41) is 4.07. The predicted molar refractivity (Wildman–Crippen MR) is 122 cm³/mol. The first-order chi connectivity index (χ1) is 14.4. The molecular weight excluding hydrogens is 372 g/mol. The minimum absolute atomic E-state index is 0.102. The highest BCUT2D eigenvalue weighted by Crippen LogP contribution is 2.22. The number of carbonyl (C=O) groups is 1. The van der Waals surface area contributed by atoms with Crippen molar-refractivity contribution >= 4 is 12.1 Å². The van der Waals surface area contributed by atoms with Crippen LogP contribution in [-0.4, -0.2) is 12.1 Å². The zero-order valence-corrected chi connectivity index (χ0v) is 17.8. The second-order valence-corrected chi connectivity index (χ2v) is 8.26. The van der Waals surface area contributed by atoms with Gasteiger partial charge in [0, 0.05) is 0 Å². The molecule has 0 saturated heterocycles. The van der Waals surface area contributed by atoms with Gasteiger partial charge < -0.3 is 4.74 Å². The molecule has 3 aromatic carbocycles. The van der Waals surface area contributed by atoms with E-state index in [4.69, 9.17) is 4.74 Å². The van der Waals surface area contributed by atoms with Crippen LogP contribution in [0.1, 0.15) is 43.0 Å². The molecule has 0 heterocycles. The van der Waals surface area contributed by atoms with E-state index in [-0.39, 0.29) is 11.3 Å². The molecule has 4 nitrogen and oxygen atoms in total. The van der Waals surface area contributed by atoms with Crippen molar-refractivity contribution in [3.8, 4) is 5.75 Å². The van der Waals surface area contributed by atoms with Crippen LogP contribution in [0, 0.1) is 0 Å². The zero-order valence-electron chi connectivity index (χ0n) is 17.8. The fourth-order valence-electron chi connectivity index (χ4n) is 2.95. The molecule has 0 aliphatic rings. The molecule has 3 aromatic rings. The van der Waals surface area contributed by atoms with Crippen molar-refractivity contribution < 1.29 is 9.53 Å². The summed E-state index contributed by atoms with van der Waals surface area (Å²) >= 11 is 0. The highest BCUT2D eigenvalue weighted by molar-refractivity contribution is 5.83. The normalized spacial score (nSPS) is 11.4. The van der Waals surface area contributed by atoms with Crippen LogP contribution in [0.25, 0.3) is 0 Å². The Bertz CT molecular complexity index is 988. The summed E-state index contributed by atoms with van der Waals surface area (Å²) in [7, 11) is 0. The summed E-state index contributed by atoms with van der Waals surface area (Å²) in [6.45, 7) is 7.02. The molecule has 3 rings (SSSR count). The molecule has 0 aliphatic carbocycles. The lowest BCUT2D eigenvalue weighted by molar-refractivity contribution is -0.120. The van der Waals surface area contributed by atoms with E-state index in [2.05, 4.69) is 43.4 Å². The van der Waals surface area contributed by atoms with E-state index < -0.39 is 0 Å². The van der Waals surface area contributed by atoms with E-state index in [9.17, 15) is 4.79 Å². The number of hydrogen-bond donors (Lipinski definition) is 1. The lowest BCUT2D eigenvalue weighted by Gasteiger charge is -2.19. The third-order valence-corrected chi connectivity index (χ3v) is 4.69. The Morgan fingerprint density at radius 2 is 1.67 bits per heavy atom. The van der Waals surface area contributed by atoms with Crippen molar-refractivity contribution in [2.24, 2.45) is 5.10 Å². The van der Waals surface area contributed by atoms with Gasteiger partial charge in [0.15, 0.2) is 0 Å². The van der Waals surface area contributed by atoms with Gasteiger partial charge in [0.1, 0.15) is 12.4 Å². The fourth-order valence-corrected chi connectivity index (χ4v) is 2.95. The maximum Gasteiger partial charge on any atom is 0.244 e. The third kappa shape index (κ3) is 6.59. The van der Waals surface area contributed by atoms with Crippen LogP contribution in [0.15, 0.2) is 84.0 Å². The average molecular weight is 401 g/mol. The van der Waals surface area contributed by atoms with Crippen LogP contribution in [0.2, 0.25) is 0 Å². The molecule has 0 radical (unpaired) electrons. The molecule has 0 unspecified atom stereocenters. The quantitative estimate of drug-likeness (QED) is 0.435. The summed E-state index contributed by atoms with van der Waals surface area (Å²) in [4.78, 5) is 12.2. The first kappa shape index (κ1) is 21.3. The van der Waals surface area contributed by atoms with E-state index in [1.165, 1.54) is 5.56 Å². The molecule has 0 spiro atoms. The van der Waals surface area contributed by atoms with Gasteiger partial charge in [0.05, 0.1) is 12.6 Å². The zero-order chi connectivity index (χ0) is 21.4. The Hall–Kier alpha value is -3.40. The number of nitrogens with zero attached hydrogens (tertiary/aromatic N) is 1. The van der Waals surface area contributed by atoms with Gasteiger partial charge >= 0.3 is 0 Å². The van der Waals surface area contributed by atoms with Crippen LogP contribution in [0.5, 0.6) is 5.75 Å². The van der Waals surface area contributed by atoms with E-state index in [1.807, 2.05) is 66.7 Å². The Balaban J connectivity index is 1.50. The Kier molecular flexibility index (Phi) is 7.02. The number of rotatable bonds is 7. The molecule has 0 bridgehead atoms. The van der Waals surface area contributed by atoms with Crippen molar-refractivity contribution in [3.63, 3.8) is 0 Å². The van der Waals surface area contributed by atoms with Gasteiger partial charge in [0.2, 0.25) is 5.91 Å². The number of nitrogens with one attached hydrogen (secondary N) is 1. The lowest BCUT2D eigenvalue weighted by Crippen LogP contribution is -2.20. The summed E-state index contributed by atoms with van der Waals surface area (Å²) in [6, 6.07) is 25.8. The van der Waals surface area contributed by atoms with Crippen LogP contribution < -0.4 is 10.2 Å². The highest BCUT2D eigenvalue weighted by Gasteiger charge is 2.13. The summed E-state index contributed by atoms with van der Waals surface area (Å²) < 4.78 is 5.82. The van der Waals surface area contributed by atoms with Crippen LogP contribution in [0.4, 0.5) is 0 Å². The smallest absolute Gasteiger partial charge is 0.244 e. The van der Waals surface area contributed by atoms with E-state index >= 15 is 0 Å². The molecule has 0 atom stereocenters. The standard InChI is InChI=1S/C26H28N2O2/c1-26(2,3)23-14-12-20(13-15-23)17-25(29)28-27-18-22-10-7-11-24(16-22)30-19-21-8-5-4-6-9-21/h4-16,18H,17,19H2,1-3H3,(H,28,29)/b27-18-. The van der Waals surface area contributed by atoms with Crippen LogP contribution in [0.3, 0.4) is 0 Å². The van der Waals surface area contributed by atoms with Crippen molar-refractivity contribution in [1.29, 1.82) is 0 Å². The van der Waals surface area contributed by atoms with Gasteiger partial charge in [-0.2, -0.15) is 5.10 Å². The monoisotopic (exact) mass is 400 g/mol. The average Bonchev–Trinajstić information content (AvgIpc) is 2.73. The molecule has 1 N–H and O–H groups in total. The van der Waals surface area contributed by atoms with Gasteiger partial charge in [0.25, 0.3) is 0 Å². The summed E-state index contributed by atoms with van der Waals surface area (Å²) in [6.07, 6.45) is 1.91. The Morgan fingerprint density at radius 1 is 0.933 bits per heavy atom. The number of amides is 1. The second kappa shape index (κ2) is 9.88. The molecular formula is C26H28N2O2. The number of hydrogen-bond acceptors (Lipinski definition) is 3. The van der Waals surface area contributed by atoms with Crippen LogP contribution in [-0.2, 0) is 23.2 Å². The Labute approximate surface area is 178 Å². The topological polar surface area (TPSA) is 50.7 Å². The van der Waals surface area contributed by atoms with Gasteiger partial charge in [-0.15, -0.1) is 0 Å². The molecule has 30 heavy (non-hydrogen) atoms. The first-order valence-electron chi connectivity index (χ1n) is 10.1. The summed E-state index contributed by atoms with van der Waals surface area (Å²) in [5.74, 6) is 0.610. The van der Waals surface area contributed by atoms with Gasteiger partial charge in [-0.25, -0.2) is 5.43 Å². The molecule has 154 valence electrons. The molecule has 0 saturated carbocycles. The summed E-state index contributed by atoms with van der Waals surface area (Å²) in [5.41, 5.74) is 6.87. The van der Waals surface area contributed by atoms with Crippen molar-refractivity contribution in [1.82, 2.24) is 5.43 Å². The number of benzene rings is 3. The maximum absolute atomic E-state index is 12.2. The largest absolute Gasteiger partial charge is 0.489 e. The number of carbonyl (C=O) groups excluding carboxylic acids is 1. The first-order valence-corrected chi connectivity index (χ1v) is 10.1. The van der Waals surface area contributed by atoms with Crippen molar-refractivity contribution in [3.05, 3.63) is 101 Å². The van der Waals surface area contributed by atoms with E-state index in [0.29, 0.717) is 13.0 Å². The maximum atomic E-state index is 12.2. The highest BCUT2D eigenvalue weighted by atomic mass is 16.5. The van der Waals surface area contributed by atoms with Crippen molar-refractivity contribution in [2.75, 3.05) is 0 Å². The van der Waals surface area contributed by atoms with Gasteiger partial charge in [-0.3, -0.25) is 4.79 Å².